The number of carbonyl (C=O) groups excluding carboxylic acids is 1. The molecule has 0 spiro atoms. The fourth-order valence-electron chi connectivity index (χ4n) is 3.37. The van der Waals surface area contributed by atoms with Crippen molar-refractivity contribution in [2.24, 2.45) is 5.92 Å². The van der Waals surface area contributed by atoms with Gasteiger partial charge in [-0.3, -0.25) is 4.79 Å². The first-order chi connectivity index (χ1) is 10.7. The van der Waals surface area contributed by atoms with Gasteiger partial charge in [0, 0.05) is 6.42 Å². The number of allylic oxidation sites excluding steroid dienone is 3. The Labute approximate surface area is 135 Å². The summed E-state index contributed by atoms with van der Waals surface area (Å²) in [5.41, 5.74) is 2.37. The first kappa shape index (κ1) is 16.7. The van der Waals surface area contributed by atoms with E-state index >= 15 is 0 Å². The average Bonchev–Trinajstić information content (AvgIpc) is 2.59. The van der Waals surface area contributed by atoms with Crippen LogP contribution in [0.25, 0.3) is 0 Å². The third-order valence-electron chi connectivity index (χ3n) is 4.70. The molecule has 0 saturated heterocycles. The maximum atomic E-state index is 12.7. The van der Waals surface area contributed by atoms with Crippen LogP contribution in [0.3, 0.4) is 0 Å². The van der Waals surface area contributed by atoms with Crippen LogP contribution < -0.4 is 0 Å². The van der Waals surface area contributed by atoms with Crippen molar-refractivity contribution in [1.82, 2.24) is 0 Å². The first-order valence-electron chi connectivity index (χ1n) is 8.63. The van der Waals surface area contributed by atoms with Gasteiger partial charge in [0.05, 0.1) is 0 Å². The van der Waals surface area contributed by atoms with E-state index in [2.05, 4.69) is 43.8 Å². The number of carbonyl (C=O) groups is 1. The first-order valence-corrected chi connectivity index (χ1v) is 8.63. The van der Waals surface area contributed by atoms with Gasteiger partial charge in [0.2, 0.25) is 0 Å². The van der Waals surface area contributed by atoms with Crippen molar-refractivity contribution in [2.75, 3.05) is 0 Å². The van der Waals surface area contributed by atoms with Gasteiger partial charge in [-0.25, -0.2) is 0 Å². The number of hydrogen-bond donors (Lipinski definition) is 0. The second-order valence-corrected chi connectivity index (χ2v) is 6.41. The van der Waals surface area contributed by atoms with E-state index in [0.29, 0.717) is 24.0 Å². The van der Waals surface area contributed by atoms with Gasteiger partial charge in [0.15, 0.2) is 5.78 Å². The number of rotatable bonds is 7. The van der Waals surface area contributed by atoms with Crippen molar-refractivity contribution in [3.8, 4) is 0 Å². The predicted molar refractivity (Wildman–Crippen MR) is 94.0 cm³/mol. The molecule has 1 saturated carbocycles. The third-order valence-corrected chi connectivity index (χ3v) is 4.70. The van der Waals surface area contributed by atoms with Gasteiger partial charge < -0.3 is 0 Å². The summed E-state index contributed by atoms with van der Waals surface area (Å²) in [7, 11) is 0. The molecule has 2 rings (SSSR count). The van der Waals surface area contributed by atoms with E-state index in [1.807, 2.05) is 12.1 Å². The summed E-state index contributed by atoms with van der Waals surface area (Å²) in [5.74, 6) is 1.10. The van der Waals surface area contributed by atoms with E-state index < -0.39 is 0 Å². The van der Waals surface area contributed by atoms with E-state index in [-0.39, 0.29) is 0 Å². The molecule has 0 heterocycles. The molecule has 22 heavy (non-hydrogen) atoms. The second kappa shape index (κ2) is 8.73. The Bertz CT molecular complexity index is 506. The quantitative estimate of drug-likeness (QED) is 0.457. The van der Waals surface area contributed by atoms with Crippen molar-refractivity contribution in [2.45, 2.75) is 57.8 Å². The van der Waals surface area contributed by atoms with Gasteiger partial charge in [0.1, 0.15) is 0 Å². The van der Waals surface area contributed by atoms with E-state index in [4.69, 9.17) is 0 Å². The average molecular weight is 296 g/mol. The van der Waals surface area contributed by atoms with Crippen molar-refractivity contribution in [3.05, 3.63) is 60.2 Å². The van der Waals surface area contributed by atoms with E-state index in [9.17, 15) is 4.79 Å². The lowest BCUT2D eigenvalue weighted by molar-refractivity contribution is -0.116. The molecule has 1 aromatic rings. The van der Waals surface area contributed by atoms with Crippen LogP contribution >= 0.6 is 0 Å². The number of ketones is 1. The maximum Gasteiger partial charge on any atom is 0.159 e. The third kappa shape index (κ3) is 4.69. The van der Waals surface area contributed by atoms with E-state index in [1.165, 1.54) is 37.7 Å². The summed E-state index contributed by atoms with van der Waals surface area (Å²) in [6, 6.07) is 10.5. The van der Waals surface area contributed by atoms with Gasteiger partial charge in [-0.05, 0) is 42.2 Å². The summed E-state index contributed by atoms with van der Waals surface area (Å²) < 4.78 is 0. The Morgan fingerprint density at radius 2 is 1.91 bits per heavy atom. The Kier molecular flexibility index (Phi) is 6.64. The lowest BCUT2D eigenvalue weighted by Gasteiger charge is -2.25. The molecule has 1 heteroatoms. The van der Waals surface area contributed by atoms with Crippen molar-refractivity contribution >= 4 is 5.78 Å². The Morgan fingerprint density at radius 3 is 2.55 bits per heavy atom. The Hall–Kier alpha value is -1.63. The van der Waals surface area contributed by atoms with Crippen molar-refractivity contribution in [1.29, 1.82) is 0 Å². The van der Waals surface area contributed by atoms with Crippen LogP contribution in [0.5, 0.6) is 0 Å². The highest BCUT2D eigenvalue weighted by molar-refractivity contribution is 5.96. The molecular formula is C21H28O. The summed E-state index contributed by atoms with van der Waals surface area (Å²) in [6.45, 7) is 5.93. The molecule has 1 nitrogen and oxygen atoms in total. The van der Waals surface area contributed by atoms with Crippen LogP contribution in [0.1, 0.15) is 63.4 Å². The molecule has 1 aliphatic carbocycles. The van der Waals surface area contributed by atoms with Gasteiger partial charge in [-0.1, -0.05) is 68.7 Å². The van der Waals surface area contributed by atoms with Gasteiger partial charge >= 0.3 is 0 Å². The summed E-state index contributed by atoms with van der Waals surface area (Å²) in [6.07, 6.45) is 11.6. The van der Waals surface area contributed by atoms with E-state index in [0.717, 1.165) is 12.0 Å². The molecule has 0 aliphatic heterocycles. The number of hydrogen-bond acceptors (Lipinski definition) is 1. The summed E-state index contributed by atoms with van der Waals surface area (Å²) in [5, 5.41) is 0. The Balaban J connectivity index is 2.19. The lowest BCUT2D eigenvalue weighted by Crippen LogP contribution is -2.17. The van der Waals surface area contributed by atoms with Gasteiger partial charge in [-0.15, -0.1) is 6.58 Å². The van der Waals surface area contributed by atoms with Crippen molar-refractivity contribution in [3.63, 3.8) is 0 Å². The molecule has 1 aromatic carbocycles. The van der Waals surface area contributed by atoms with Gasteiger partial charge in [0.25, 0.3) is 0 Å². The minimum atomic E-state index is 0.297. The van der Waals surface area contributed by atoms with Crippen LogP contribution in [0, 0.1) is 5.92 Å². The largest absolute Gasteiger partial charge is 0.295 e. The number of benzene rings is 1. The van der Waals surface area contributed by atoms with Crippen LogP contribution in [-0.2, 0) is 4.79 Å². The van der Waals surface area contributed by atoms with Crippen LogP contribution in [0.2, 0.25) is 0 Å². The molecule has 0 N–H and O–H groups in total. The fraction of sp³-hybridized carbons (Fsp3) is 0.476. The Morgan fingerprint density at radius 1 is 1.23 bits per heavy atom. The highest BCUT2D eigenvalue weighted by Crippen LogP contribution is 2.33. The zero-order valence-corrected chi connectivity index (χ0v) is 13.8. The monoisotopic (exact) mass is 296 g/mol. The predicted octanol–water partition coefficient (Wildman–Crippen LogP) is 5.83. The van der Waals surface area contributed by atoms with Crippen molar-refractivity contribution < 1.29 is 4.79 Å². The normalized spacial score (nSPS) is 18.0. The fourth-order valence-corrected chi connectivity index (χ4v) is 3.37. The van der Waals surface area contributed by atoms with Crippen LogP contribution in [0.15, 0.2) is 54.6 Å². The molecular weight excluding hydrogens is 268 g/mol. The number of Topliss-reactive ketones (excluding diaryl/α,β-unsaturated/α-hetero) is 1. The molecule has 0 radical (unpaired) electrons. The standard InChI is InChI=1S/C21H28O/c1-3-4-15-21(22)20(19-13-9-6-10-14-19)16-17(2)18-11-7-5-8-12-18/h3,5,7-8,11-12,16-17,19H,1,4,6,9-10,13-15H2,2H3. The smallest absolute Gasteiger partial charge is 0.159 e. The maximum absolute atomic E-state index is 12.7. The zero-order chi connectivity index (χ0) is 15.8. The van der Waals surface area contributed by atoms with E-state index in [1.54, 1.807) is 0 Å². The minimum Gasteiger partial charge on any atom is -0.295 e. The van der Waals surface area contributed by atoms with Crippen LogP contribution in [-0.4, -0.2) is 5.78 Å². The molecule has 118 valence electrons. The lowest BCUT2D eigenvalue weighted by atomic mass is 9.79. The SMILES string of the molecule is C=CCCC(=O)C(=CC(C)c1ccccc1)C1CCCCC1. The molecule has 1 fully saturated rings. The highest BCUT2D eigenvalue weighted by atomic mass is 16.1. The summed E-state index contributed by atoms with van der Waals surface area (Å²) in [4.78, 5) is 12.7. The molecule has 1 aliphatic rings. The minimum absolute atomic E-state index is 0.297. The summed E-state index contributed by atoms with van der Waals surface area (Å²) >= 11 is 0. The topological polar surface area (TPSA) is 17.1 Å². The molecule has 1 atom stereocenters. The second-order valence-electron chi connectivity index (χ2n) is 6.41. The molecule has 0 bridgehead atoms. The molecule has 1 unspecified atom stereocenters. The zero-order valence-electron chi connectivity index (χ0n) is 13.8. The molecule has 0 aromatic heterocycles. The van der Waals surface area contributed by atoms with Gasteiger partial charge in [-0.2, -0.15) is 0 Å². The molecule has 0 amide bonds. The van der Waals surface area contributed by atoms with Crippen LogP contribution in [0.4, 0.5) is 0 Å². The highest BCUT2D eigenvalue weighted by Gasteiger charge is 2.23.